The quantitative estimate of drug-likeness (QED) is 0.430. The van der Waals surface area contributed by atoms with Crippen molar-refractivity contribution < 1.29 is 9.90 Å². The number of hydrogen-bond donors (Lipinski definition) is 1. The Hall–Kier alpha value is -2.27. The van der Waals surface area contributed by atoms with Gasteiger partial charge in [0, 0.05) is 6.54 Å². The summed E-state index contributed by atoms with van der Waals surface area (Å²) in [7, 11) is 4.13. The van der Waals surface area contributed by atoms with Crippen LogP contribution >= 0.6 is 34.4 Å². The summed E-state index contributed by atoms with van der Waals surface area (Å²) < 4.78 is 3.82. The molecule has 10 heteroatoms. The molecule has 3 heterocycles. The summed E-state index contributed by atoms with van der Waals surface area (Å²) in [5, 5.41) is 20.9. The minimum atomic E-state index is -0.935. The van der Waals surface area contributed by atoms with Crippen molar-refractivity contribution in [3.63, 3.8) is 0 Å². The Balaban J connectivity index is 1.63. The largest absolute Gasteiger partial charge is 0.478 e. The van der Waals surface area contributed by atoms with Crippen LogP contribution in [0.5, 0.6) is 0 Å². The lowest BCUT2D eigenvalue weighted by molar-refractivity contribution is 0.0697. The monoisotopic (exact) mass is 445 g/mol. The molecular weight excluding hydrogens is 426 g/mol. The number of carboxylic acids is 1. The third kappa shape index (κ3) is 4.50. The maximum absolute atomic E-state index is 11.2. The molecule has 1 N–H and O–H groups in total. The van der Waals surface area contributed by atoms with E-state index in [1.54, 1.807) is 29.5 Å². The summed E-state index contributed by atoms with van der Waals surface area (Å²) in [6, 6.07) is 9.06. The smallest absolute Gasteiger partial charge is 0.335 e. The van der Waals surface area contributed by atoms with E-state index in [9.17, 15) is 9.90 Å². The minimum absolute atomic E-state index is 0.268. The van der Waals surface area contributed by atoms with E-state index >= 15 is 0 Å². The van der Waals surface area contributed by atoms with E-state index < -0.39 is 5.97 Å². The van der Waals surface area contributed by atoms with Crippen molar-refractivity contribution in [2.45, 2.75) is 22.5 Å². The average Bonchev–Trinajstić information content (AvgIpc) is 3.40. The second-order valence-corrected chi connectivity index (χ2v) is 9.85. The number of aromatic nitrogens is 4. The molecule has 0 unspecified atom stereocenters. The number of carbonyl (C=O) groups is 1. The fraction of sp³-hybridized carbons (Fsp3) is 0.263. The highest BCUT2D eigenvalue weighted by molar-refractivity contribution is 8.01. The zero-order valence-electron chi connectivity index (χ0n) is 15.9. The van der Waals surface area contributed by atoms with Crippen LogP contribution in [-0.2, 0) is 6.54 Å². The molecule has 0 saturated carbocycles. The van der Waals surface area contributed by atoms with E-state index in [2.05, 4.69) is 44.8 Å². The first-order valence-corrected chi connectivity index (χ1v) is 11.5. The number of aromatic carboxylic acids is 1. The average molecular weight is 446 g/mol. The van der Waals surface area contributed by atoms with Gasteiger partial charge in [-0.2, -0.15) is 0 Å². The molecule has 0 fully saturated rings. The molecule has 3 aromatic heterocycles. The first kappa shape index (κ1) is 20.0. The van der Waals surface area contributed by atoms with E-state index in [1.165, 1.54) is 23.1 Å². The number of carboxylic acid groups (broad SMARTS) is 1. The Bertz CT molecular complexity index is 1130. The molecule has 0 amide bonds. The standard InChI is InChI=1S/C19H19N5O2S3/c1-23(2)8-4-9-24-16(14-5-3-10-27-14)21-22-18(24)29-19-20-13-7-6-12(17(25)26)11-15(13)28-19/h3,5-7,10-11H,4,8-9H2,1-2H3,(H,25,26). The van der Waals surface area contributed by atoms with Gasteiger partial charge in [-0.3, -0.25) is 0 Å². The van der Waals surface area contributed by atoms with Gasteiger partial charge in [0.2, 0.25) is 0 Å². The van der Waals surface area contributed by atoms with E-state index in [0.29, 0.717) is 0 Å². The van der Waals surface area contributed by atoms with Crippen molar-refractivity contribution in [3.05, 3.63) is 41.3 Å². The second kappa shape index (κ2) is 8.62. The van der Waals surface area contributed by atoms with Crippen molar-refractivity contribution in [2.75, 3.05) is 20.6 Å². The predicted molar refractivity (Wildman–Crippen MR) is 117 cm³/mol. The van der Waals surface area contributed by atoms with Crippen molar-refractivity contribution in [1.82, 2.24) is 24.6 Å². The van der Waals surface area contributed by atoms with Crippen LogP contribution in [0.4, 0.5) is 0 Å². The molecule has 4 aromatic rings. The topological polar surface area (TPSA) is 84.1 Å². The molecule has 0 saturated heterocycles. The Morgan fingerprint density at radius 1 is 1.28 bits per heavy atom. The maximum Gasteiger partial charge on any atom is 0.335 e. The van der Waals surface area contributed by atoms with Gasteiger partial charge in [0.1, 0.15) is 0 Å². The third-order valence-corrected chi connectivity index (χ3v) is 7.17. The molecule has 29 heavy (non-hydrogen) atoms. The van der Waals surface area contributed by atoms with Gasteiger partial charge < -0.3 is 14.6 Å². The number of thiazole rings is 1. The summed E-state index contributed by atoms with van der Waals surface area (Å²) in [5.41, 5.74) is 1.06. The minimum Gasteiger partial charge on any atom is -0.478 e. The highest BCUT2D eigenvalue weighted by Gasteiger charge is 2.18. The molecule has 0 aliphatic heterocycles. The van der Waals surface area contributed by atoms with Gasteiger partial charge in [0.25, 0.3) is 0 Å². The lowest BCUT2D eigenvalue weighted by Crippen LogP contribution is -2.15. The summed E-state index contributed by atoms with van der Waals surface area (Å²) in [4.78, 5) is 19.1. The molecule has 0 radical (unpaired) electrons. The molecule has 1 aromatic carbocycles. The van der Waals surface area contributed by atoms with Crippen LogP contribution in [0.15, 0.2) is 45.2 Å². The van der Waals surface area contributed by atoms with E-state index in [0.717, 1.165) is 49.9 Å². The van der Waals surface area contributed by atoms with Crippen LogP contribution in [0.25, 0.3) is 20.9 Å². The van der Waals surface area contributed by atoms with Crippen LogP contribution in [-0.4, -0.2) is 56.4 Å². The summed E-state index contributed by atoms with van der Waals surface area (Å²) in [5.74, 6) is -0.0636. The number of thiophene rings is 1. The van der Waals surface area contributed by atoms with Gasteiger partial charge in [0.15, 0.2) is 15.3 Å². The van der Waals surface area contributed by atoms with Crippen LogP contribution in [0.1, 0.15) is 16.8 Å². The Morgan fingerprint density at radius 3 is 2.86 bits per heavy atom. The molecule has 150 valence electrons. The third-order valence-electron chi connectivity index (χ3n) is 4.24. The molecule has 4 rings (SSSR count). The predicted octanol–water partition coefficient (Wildman–Crippen LogP) is 4.42. The Labute approximate surface area is 180 Å². The van der Waals surface area contributed by atoms with Crippen LogP contribution in [0, 0.1) is 0 Å². The summed E-state index contributed by atoms with van der Waals surface area (Å²) in [6.07, 6.45) is 0.985. The number of nitrogens with zero attached hydrogens (tertiary/aromatic N) is 5. The van der Waals surface area contributed by atoms with Gasteiger partial charge in [-0.15, -0.1) is 32.9 Å². The van der Waals surface area contributed by atoms with Crippen LogP contribution in [0.3, 0.4) is 0 Å². The summed E-state index contributed by atoms with van der Waals surface area (Å²) in [6.45, 7) is 1.79. The van der Waals surface area contributed by atoms with Gasteiger partial charge in [-0.1, -0.05) is 6.07 Å². The first-order valence-electron chi connectivity index (χ1n) is 8.95. The Kier molecular flexibility index (Phi) is 5.95. The van der Waals surface area contributed by atoms with Crippen molar-refractivity contribution in [2.24, 2.45) is 0 Å². The number of rotatable bonds is 8. The van der Waals surface area contributed by atoms with Gasteiger partial charge >= 0.3 is 5.97 Å². The fourth-order valence-corrected chi connectivity index (χ4v) is 5.64. The molecule has 0 aliphatic rings. The molecular formula is C19H19N5O2S3. The molecule has 0 bridgehead atoms. The normalized spacial score (nSPS) is 11.6. The molecule has 0 aliphatic carbocycles. The fourth-order valence-electron chi connectivity index (χ4n) is 2.86. The van der Waals surface area contributed by atoms with Gasteiger partial charge in [-0.05, 0) is 68.5 Å². The number of benzene rings is 1. The number of hydrogen-bond acceptors (Lipinski definition) is 8. The van der Waals surface area contributed by atoms with Crippen LogP contribution in [0.2, 0.25) is 0 Å². The number of fused-ring (bicyclic) bond motifs is 1. The van der Waals surface area contributed by atoms with Gasteiger partial charge in [-0.25, -0.2) is 9.78 Å². The molecule has 0 atom stereocenters. The second-order valence-electron chi connectivity index (χ2n) is 6.66. The van der Waals surface area contributed by atoms with E-state index in [1.807, 2.05) is 11.4 Å². The Morgan fingerprint density at radius 2 is 2.14 bits per heavy atom. The zero-order chi connectivity index (χ0) is 20.4. The molecule has 7 nitrogen and oxygen atoms in total. The van der Waals surface area contributed by atoms with Crippen molar-refractivity contribution in [3.8, 4) is 10.7 Å². The van der Waals surface area contributed by atoms with Crippen molar-refractivity contribution in [1.29, 1.82) is 0 Å². The van der Waals surface area contributed by atoms with Crippen LogP contribution < -0.4 is 0 Å². The molecule has 0 spiro atoms. The van der Waals surface area contributed by atoms with E-state index in [4.69, 9.17) is 0 Å². The van der Waals surface area contributed by atoms with Crippen molar-refractivity contribution >= 4 is 50.6 Å². The SMILES string of the molecule is CN(C)CCCn1c(Sc2nc3ccc(C(=O)O)cc3s2)nnc1-c1cccs1. The lowest BCUT2D eigenvalue weighted by atomic mass is 10.2. The first-order chi connectivity index (χ1) is 14.0. The lowest BCUT2D eigenvalue weighted by Gasteiger charge is -2.12. The zero-order valence-corrected chi connectivity index (χ0v) is 18.4. The van der Waals surface area contributed by atoms with E-state index in [-0.39, 0.29) is 5.56 Å². The summed E-state index contributed by atoms with van der Waals surface area (Å²) >= 11 is 4.59. The van der Waals surface area contributed by atoms with Gasteiger partial charge in [0.05, 0.1) is 20.7 Å². The maximum atomic E-state index is 11.2. The highest BCUT2D eigenvalue weighted by atomic mass is 32.2. The highest BCUT2D eigenvalue weighted by Crippen LogP contribution is 2.36.